The fourth-order valence-corrected chi connectivity index (χ4v) is 2.92. The highest BCUT2D eigenvalue weighted by Gasteiger charge is 2.38. The van der Waals surface area contributed by atoms with E-state index < -0.39 is 17.9 Å². The number of dihydropyridines is 1. The highest BCUT2D eigenvalue weighted by atomic mass is 16.4. The molecule has 0 spiro atoms. The Morgan fingerprint density at radius 1 is 1.13 bits per heavy atom. The maximum atomic E-state index is 11.7. The average molecular weight is 314 g/mol. The number of carboxylic acid groups (broad SMARTS) is 2. The molecule has 0 bridgehead atoms. The first kappa shape index (κ1) is 14.8. The number of carboxylic acids is 2. The first-order valence-electron chi connectivity index (χ1n) is 6.85. The number of aliphatic carboxylic acids is 2. The summed E-state index contributed by atoms with van der Waals surface area (Å²) in [6, 6.07) is 1.67. The SMILES string of the molecule is CC1=C(C(=O)O)C(c2cnc3ncccn23)C(C(=O)O)=C(C)N1. The van der Waals surface area contributed by atoms with Crippen LogP contribution in [-0.2, 0) is 9.59 Å². The van der Waals surface area contributed by atoms with Crippen LogP contribution in [0.3, 0.4) is 0 Å². The Balaban J connectivity index is 2.31. The van der Waals surface area contributed by atoms with Crippen molar-refractivity contribution in [3.63, 3.8) is 0 Å². The second-order valence-electron chi connectivity index (χ2n) is 5.22. The average Bonchev–Trinajstić information content (AvgIpc) is 2.89. The van der Waals surface area contributed by atoms with Gasteiger partial charge >= 0.3 is 11.9 Å². The molecule has 3 rings (SSSR count). The molecule has 0 saturated carbocycles. The standard InChI is InChI=1S/C15H14N4O4/c1-7-10(13(20)21)12(11(14(22)23)8(2)18-7)9-6-17-15-16-4-3-5-19(9)15/h3-6,12,18H,1-2H3,(H,20,21)(H,22,23). The van der Waals surface area contributed by atoms with Crippen LogP contribution in [0.5, 0.6) is 0 Å². The van der Waals surface area contributed by atoms with E-state index in [1.807, 2.05) is 0 Å². The number of rotatable bonds is 3. The van der Waals surface area contributed by atoms with Gasteiger partial charge in [0, 0.05) is 23.8 Å². The van der Waals surface area contributed by atoms with E-state index in [4.69, 9.17) is 0 Å². The Morgan fingerprint density at radius 2 is 1.74 bits per heavy atom. The van der Waals surface area contributed by atoms with Gasteiger partial charge in [0.25, 0.3) is 0 Å². The van der Waals surface area contributed by atoms with E-state index >= 15 is 0 Å². The molecule has 0 aromatic carbocycles. The van der Waals surface area contributed by atoms with Crippen molar-refractivity contribution in [3.8, 4) is 0 Å². The minimum Gasteiger partial charge on any atom is -0.478 e. The van der Waals surface area contributed by atoms with Crippen LogP contribution in [0.25, 0.3) is 5.78 Å². The highest BCUT2D eigenvalue weighted by molar-refractivity contribution is 5.98. The lowest BCUT2D eigenvalue weighted by Crippen LogP contribution is -2.31. The maximum Gasteiger partial charge on any atom is 0.334 e. The van der Waals surface area contributed by atoms with Crippen LogP contribution in [-0.4, -0.2) is 36.5 Å². The third-order valence-electron chi connectivity index (χ3n) is 3.83. The van der Waals surface area contributed by atoms with Crippen molar-refractivity contribution in [2.45, 2.75) is 19.8 Å². The van der Waals surface area contributed by atoms with E-state index in [-0.39, 0.29) is 11.1 Å². The summed E-state index contributed by atoms with van der Waals surface area (Å²) in [6.07, 6.45) is 4.70. The van der Waals surface area contributed by atoms with Crippen molar-refractivity contribution in [3.05, 3.63) is 52.9 Å². The van der Waals surface area contributed by atoms with E-state index in [9.17, 15) is 19.8 Å². The third-order valence-corrected chi connectivity index (χ3v) is 3.83. The number of hydrogen-bond acceptors (Lipinski definition) is 5. The molecule has 2 aromatic rings. The lowest BCUT2D eigenvalue weighted by Gasteiger charge is -2.28. The molecule has 8 heteroatoms. The summed E-state index contributed by atoms with van der Waals surface area (Å²) >= 11 is 0. The monoisotopic (exact) mass is 314 g/mol. The smallest absolute Gasteiger partial charge is 0.334 e. The fourth-order valence-electron chi connectivity index (χ4n) is 2.92. The molecule has 3 heterocycles. The van der Waals surface area contributed by atoms with Gasteiger partial charge in [-0.2, -0.15) is 0 Å². The van der Waals surface area contributed by atoms with E-state index in [2.05, 4.69) is 15.3 Å². The van der Waals surface area contributed by atoms with Gasteiger partial charge < -0.3 is 15.5 Å². The largest absolute Gasteiger partial charge is 0.478 e. The molecule has 118 valence electrons. The lowest BCUT2D eigenvalue weighted by molar-refractivity contribution is -0.133. The summed E-state index contributed by atoms with van der Waals surface area (Å²) in [5.41, 5.74) is 1.23. The second kappa shape index (κ2) is 5.24. The van der Waals surface area contributed by atoms with Crippen LogP contribution in [0.15, 0.2) is 47.2 Å². The second-order valence-corrected chi connectivity index (χ2v) is 5.22. The molecule has 2 aromatic heterocycles. The molecule has 0 amide bonds. The number of carbonyl (C=O) groups is 2. The zero-order valence-corrected chi connectivity index (χ0v) is 12.4. The van der Waals surface area contributed by atoms with Gasteiger partial charge in [0.05, 0.1) is 29.0 Å². The quantitative estimate of drug-likeness (QED) is 0.777. The van der Waals surface area contributed by atoms with Gasteiger partial charge in [-0.1, -0.05) is 0 Å². The van der Waals surface area contributed by atoms with E-state index in [1.54, 1.807) is 36.7 Å². The molecule has 1 aliphatic heterocycles. The summed E-state index contributed by atoms with van der Waals surface area (Å²) < 4.78 is 1.60. The molecule has 0 radical (unpaired) electrons. The van der Waals surface area contributed by atoms with Crippen LogP contribution in [0.1, 0.15) is 25.5 Å². The molecule has 0 unspecified atom stereocenters. The molecule has 0 saturated heterocycles. The Hall–Kier alpha value is -3.16. The van der Waals surface area contributed by atoms with E-state index in [0.29, 0.717) is 22.9 Å². The lowest BCUT2D eigenvalue weighted by atomic mass is 9.83. The number of hydrogen-bond donors (Lipinski definition) is 3. The predicted octanol–water partition coefficient (Wildman–Crippen LogP) is 1.13. The molecule has 0 fully saturated rings. The van der Waals surface area contributed by atoms with Gasteiger partial charge in [-0.3, -0.25) is 4.40 Å². The molecule has 23 heavy (non-hydrogen) atoms. The minimum absolute atomic E-state index is 0.0151. The van der Waals surface area contributed by atoms with Crippen molar-refractivity contribution < 1.29 is 19.8 Å². The summed E-state index contributed by atoms with van der Waals surface area (Å²) in [5.74, 6) is -2.91. The molecule has 0 atom stereocenters. The van der Waals surface area contributed by atoms with Crippen molar-refractivity contribution in [1.82, 2.24) is 19.7 Å². The van der Waals surface area contributed by atoms with E-state index in [0.717, 1.165) is 0 Å². The number of nitrogens with zero attached hydrogens (tertiary/aromatic N) is 3. The van der Waals surface area contributed by atoms with Crippen molar-refractivity contribution >= 4 is 17.7 Å². The number of nitrogens with one attached hydrogen (secondary N) is 1. The van der Waals surface area contributed by atoms with Gasteiger partial charge in [0.15, 0.2) is 0 Å². The Kier molecular flexibility index (Phi) is 3.36. The summed E-state index contributed by atoms with van der Waals surface area (Å²) in [5, 5.41) is 22.0. The topological polar surface area (TPSA) is 117 Å². The molecule has 1 aliphatic rings. The molecular weight excluding hydrogens is 300 g/mol. The van der Waals surface area contributed by atoms with Crippen molar-refractivity contribution in [2.75, 3.05) is 0 Å². The molecule has 8 nitrogen and oxygen atoms in total. The minimum atomic E-state index is -1.18. The predicted molar refractivity (Wildman–Crippen MR) is 79.5 cm³/mol. The zero-order valence-electron chi connectivity index (χ0n) is 12.4. The van der Waals surface area contributed by atoms with Gasteiger partial charge in [0.1, 0.15) is 0 Å². The van der Waals surface area contributed by atoms with Crippen molar-refractivity contribution in [1.29, 1.82) is 0 Å². The van der Waals surface area contributed by atoms with Crippen LogP contribution in [0, 0.1) is 0 Å². The number of aromatic nitrogens is 3. The van der Waals surface area contributed by atoms with Crippen molar-refractivity contribution in [2.24, 2.45) is 0 Å². The zero-order chi connectivity index (χ0) is 16.7. The molecule has 3 N–H and O–H groups in total. The fraction of sp³-hybridized carbons (Fsp3) is 0.200. The third kappa shape index (κ3) is 2.24. The first-order chi connectivity index (χ1) is 10.9. The number of allylic oxidation sites excluding steroid dienone is 2. The van der Waals surface area contributed by atoms with E-state index in [1.165, 1.54) is 6.20 Å². The normalized spacial score (nSPS) is 15.9. The maximum absolute atomic E-state index is 11.7. The van der Waals surface area contributed by atoms with Crippen LogP contribution in [0.2, 0.25) is 0 Å². The summed E-state index contributed by atoms with van der Waals surface area (Å²) in [6.45, 7) is 3.22. The van der Waals surface area contributed by atoms with Crippen LogP contribution >= 0.6 is 0 Å². The van der Waals surface area contributed by atoms with Gasteiger partial charge in [-0.05, 0) is 19.9 Å². The Morgan fingerprint density at radius 3 is 2.30 bits per heavy atom. The van der Waals surface area contributed by atoms with Crippen LogP contribution in [0.4, 0.5) is 0 Å². The Labute approximate surface area is 130 Å². The number of imidazole rings is 1. The van der Waals surface area contributed by atoms with Gasteiger partial charge in [-0.25, -0.2) is 19.6 Å². The highest BCUT2D eigenvalue weighted by Crippen LogP contribution is 2.38. The number of fused-ring (bicyclic) bond motifs is 1. The summed E-state index contributed by atoms with van der Waals surface area (Å²) in [4.78, 5) is 31.7. The van der Waals surface area contributed by atoms with Gasteiger partial charge in [0.2, 0.25) is 5.78 Å². The summed E-state index contributed by atoms with van der Waals surface area (Å²) in [7, 11) is 0. The van der Waals surface area contributed by atoms with Crippen LogP contribution < -0.4 is 5.32 Å². The molecule has 0 aliphatic carbocycles. The first-order valence-corrected chi connectivity index (χ1v) is 6.85. The Bertz CT molecular complexity index is 858. The van der Waals surface area contributed by atoms with Gasteiger partial charge in [-0.15, -0.1) is 0 Å². The molecular formula is C15H14N4O4.